The lowest BCUT2D eigenvalue weighted by Crippen LogP contribution is -2.48. The number of carbonyl (C=O) groups is 1. The van der Waals surface area contributed by atoms with E-state index in [2.05, 4.69) is 0 Å². The summed E-state index contributed by atoms with van der Waals surface area (Å²) in [6.07, 6.45) is -4.42. The largest absolute Gasteiger partial charge is 0.416 e. The van der Waals surface area contributed by atoms with E-state index in [9.17, 15) is 28.1 Å². The van der Waals surface area contributed by atoms with Gasteiger partial charge < -0.3 is 4.90 Å². The molecule has 3 rings (SSSR count). The lowest BCUT2D eigenvalue weighted by molar-refractivity contribution is -0.385. The monoisotopic (exact) mass is 407 g/mol. The Morgan fingerprint density at radius 1 is 1.03 bits per heavy atom. The van der Waals surface area contributed by atoms with E-state index in [1.165, 1.54) is 12.1 Å². The van der Waals surface area contributed by atoms with Crippen LogP contribution in [0.2, 0.25) is 0 Å². The minimum absolute atomic E-state index is 0.0508. The number of benzene rings is 2. The first-order chi connectivity index (χ1) is 13.7. The lowest BCUT2D eigenvalue weighted by Gasteiger charge is -2.35. The number of rotatable bonds is 5. The SMILES string of the molecule is O=C(Cc1ccccc1[N+](=O)[O-])N1CCN(Cc2cccc(C(F)(F)F)c2)CC1. The molecule has 0 spiro atoms. The van der Waals surface area contributed by atoms with Gasteiger partial charge in [0.15, 0.2) is 0 Å². The fraction of sp³-hybridized carbons (Fsp3) is 0.350. The van der Waals surface area contributed by atoms with Crippen LogP contribution in [-0.4, -0.2) is 46.8 Å². The van der Waals surface area contributed by atoms with Crippen LogP contribution in [-0.2, 0) is 23.9 Å². The fourth-order valence-electron chi connectivity index (χ4n) is 3.37. The van der Waals surface area contributed by atoms with Crippen molar-refractivity contribution in [1.82, 2.24) is 9.80 Å². The Morgan fingerprint density at radius 3 is 2.38 bits per heavy atom. The predicted octanol–water partition coefficient (Wildman–Crippen LogP) is 3.50. The van der Waals surface area contributed by atoms with Crippen molar-refractivity contribution in [3.63, 3.8) is 0 Å². The summed E-state index contributed by atoms with van der Waals surface area (Å²) in [6.45, 7) is 2.28. The average Bonchev–Trinajstić information content (AvgIpc) is 2.68. The maximum Gasteiger partial charge on any atom is 0.416 e. The molecule has 0 N–H and O–H groups in total. The molecule has 0 aliphatic carbocycles. The van der Waals surface area contributed by atoms with Crippen LogP contribution in [0.5, 0.6) is 0 Å². The summed E-state index contributed by atoms with van der Waals surface area (Å²) in [6, 6.07) is 11.4. The summed E-state index contributed by atoms with van der Waals surface area (Å²) >= 11 is 0. The molecule has 154 valence electrons. The molecular formula is C20H20F3N3O3. The van der Waals surface area contributed by atoms with Crippen LogP contribution in [0.15, 0.2) is 48.5 Å². The molecule has 2 aromatic rings. The van der Waals surface area contributed by atoms with Crippen molar-refractivity contribution >= 4 is 11.6 Å². The zero-order valence-corrected chi connectivity index (χ0v) is 15.6. The molecular weight excluding hydrogens is 387 g/mol. The Kier molecular flexibility index (Phi) is 6.17. The van der Waals surface area contributed by atoms with Gasteiger partial charge in [0.25, 0.3) is 5.69 Å². The Labute approximate surface area is 165 Å². The maximum atomic E-state index is 12.8. The Balaban J connectivity index is 1.56. The van der Waals surface area contributed by atoms with Crippen LogP contribution >= 0.6 is 0 Å². The lowest BCUT2D eigenvalue weighted by atomic mass is 10.1. The van der Waals surface area contributed by atoms with E-state index in [-0.39, 0.29) is 18.0 Å². The van der Waals surface area contributed by atoms with Crippen LogP contribution in [0.25, 0.3) is 0 Å². The number of halogens is 3. The van der Waals surface area contributed by atoms with Gasteiger partial charge in [-0.05, 0) is 11.6 Å². The van der Waals surface area contributed by atoms with Crippen LogP contribution < -0.4 is 0 Å². The molecule has 2 aromatic carbocycles. The highest BCUT2D eigenvalue weighted by atomic mass is 19.4. The van der Waals surface area contributed by atoms with Crippen LogP contribution in [0.1, 0.15) is 16.7 Å². The summed E-state index contributed by atoms with van der Waals surface area (Å²) in [5.41, 5.74) is 0.186. The van der Waals surface area contributed by atoms with Crippen LogP contribution in [0.3, 0.4) is 0 Å². The number of carbonyl (C=O) groups excluding carboxylic acids is 1. The summed E-state index contributed by atoms with van der Waals surface area (Å²) < 4.78 is 38.5. The van der Waals surface area contributed by atoms with Crippen molar-refractivity contribution in [3.8, 4) is 0 Å². The fourth-order valence-corrected chi connectivity index (χ4v) is 3.37. The topological polar surface area (TPSA) is 66.7 Å². The second kappa shape index (κ2) is 8.60. The molecule has 0 saturated carbocycles. The number of para-hydroxylation sites is 1. The molecule has 9 heteroatoms. The zero-order chi connectivity index (χ0) is 21.0. The molecule has 0 atom stereocenters. The zero-order valence-electron chi connectivity index (χ0n) is 15.6. The molecule has 0 aromatic heterocycles. The third-order valence-electron chi connectivity index (χ3n) is 4.92. The summed E-state index contributed by atoms with van der Waals surface area (Å²) in [5, 5.41) is 11.1. The third kappa shape index (κ3) is 5.32. The van der Waals surface area contributed by atoms with Gasteiger partial charge in [-0.1, -0.05) is 36.4 Å². The molecule has 1 amide bonds. The number of nitrogens with zero attached hydrogens (tertiary/aromatic N) is 3. The smallest absolute Gasteiger partial charge is 0.340 e. The Hall–Kier alpha value is -2.94. The van der Waals surface area contributed by atoms with Crippen molar-refractivity contribution in [2.24, 2.45) is 0 Å². The van der Waals surface area contributed by atoms with Gasteiger partial charge in [-0.2, -0.15) is 13.2 Å². The second-order valence-corrected chi connectivity index (χ2v) is 6.92. The molecule has 1 aliphatic heterocycles. The van der Waals surface area contributed by atoms with Crippen molar-refractivity contribution in [3.05, 3.63) is 75.3 Å². The first kappa shape index (κ1) is 20.8. The minimum Gasteiger partial charge on any atom is -0.340 e. The Morgan fingerprint density at radius 2 is 1.72 bits per heavy atom. The molecule has 0 radical (unpaired) electrons. The second-order valence-electron chi connectivity index (χ2n) is 6.92. The van der Waals surface area contributed by atoms with E-state index in [1.807, 2.05) is 4.90 Å². The normalized spacial score (nSPS) is 15.3. The van der Waals surface area contributed by atoms with Gasteiger partial charge in [-0.3, -0.25) is 19.8 Å². The highest BCUT2D eigenvalue weighted by Crippen LogP contribution is 2.29. The molecule has 29 heavy (non-hydrogen) atoms. The van der Waals surface area contributed by atoms with Crippen molar-refractivity contribution in [2.75, 3.05) is 26.2 Å². The number of nitro benzene ring substituents is 1. The quantitative estimate of drug-likeness (QED) is 0.562. The first-order valence-corrected chi connectivity index (χ1v) is 9.12. The van der Waals surface area contributed by atoms with E-state index < -0.39 is 16.7 Å². The van der Waals surface area contributed by atoms with Gasteiger partial charge in [-0.15, -0.1) is 0 Å². The van der Waals surface area contributed by atoms with Gasteiger partial charge in [-0.25, -0.2) is 0 Å². The van der Waals surface area contributed by atoms with Crippen molar-refractivity contribution in [2.45, 2.75) is 19.1 Å². The number of alkyl halides is 3. The molecule has 1 saturated heterocycles. The van der Waals surface area contributed by atoms with Gasteiger partial charge in [0.05, 0.1) is 16.9 Å². The molecule has 0 bridgehead atoms. The number of piperazine rings is 1. The van der Waals surface area contributed by atoms with Crippen molar-refractivity contribution < 1.29 is 22.9 Å². The van der Waals surface area contributed by atoms with E-state index in [4.69, 9.17) is 0 Å². The molecule has 1 aliphatic rings. The molecule has 1 heterocycles. The number of amides is 1. The Bertz CT molecular complexity index is 894. The molecule has 1 fully saturated rings. The van der Waals surface area contributed by atoms with E-state index in [0.717, 1.165) is 12.1 Å². The summed E-state index contributed by atoms with van der Waals surface area (Å²) in [4.78, 5) is 26.7. The highest BCUT2D eigenvalue weighted by molar-refractivity contribution is 5.80. The summed E-state index contributed by atoms with van der Waals surface area (Å²) in [5.74, 6) is -0.196. The molecule has 6 nitrogen and oxygen atoms in total. The van der Waals surface area contributed by atoms with Gasteiger partial charge in [0, 0.05) is 44.4 Å². The van der Waals surface area contributed by atoms with Crippen molar-refractivity contribution in [1.29, 1.82) is 0 Å². The number of hydrogen-bond donors (Lipinski definition) is 0. The third-order valence-corrected chi connectivity index (χ3v) is 4.92. The van der Waals surface area contributed by atoms with E-state index >= 15 is 0 Å². The minimum atomic E-state index is -4.37. The number of nitro groups is 1. The average molecular weight is 407 g/mol. The maximum absolute atomic E-state index is 12.8. The van der Waals surface area contributed by atoms with Crippen LogP contribution in [0.4, 0.5) is 18.9 Å². The van der Waals surface area contributed by atoms with Gasteiger partial charge >= 0.3 is 6.18 Å². The molecule has 0 unspecified atom stereocenters. The van der Waals surface area contributed by atoms with Gasteiger partial charge in [0.1, 0.15) is 0 Å². The van der Waals surface area contributed by atoms with Crippen LogP contribution in [0, 0.1) is 10.1 Å². The van der Waals surface area contributed by atoms with E-state index in [0.29, 0.717) is 43.9 Å². The highest BCUT2D eigenvalue weighted by Gasteiger charge is 2.30. The van der Waals surface area contributed by atoms with Gasteiger partial charge in [0.2, 0.25) is 5.91 Å². The summed E-state index contributed by atoms with van der Waals surface area (Å²) in [7, 11) is 0. The first-order valence-electron chi connectivity index (χ1n) is 9.12. The van der Waals surface area contributed by atoms with E-state index in [1.54, 1.807) is 29.2 Å². The number of hydrogen-bond acceptors (Lipinski definition) is 4. The predicted molar refractivity (Wildman–Crippen MR) is 100 cm³/mol. The standard InChI is InChI=1S/C20H20F3N3O3/c21-20(22,23)17-6-3-4-15(12-17)14-24-8-10-25(11-9-24)19(27)13-16-5-1-2-7-18(16)26(28)29/h1-7,12H,8-11,13-14H2.